The summed E-state index contributed by atoms with van der Waals surface area (Å²) in [6.45, 7) is 0. The molecule has 0 heterocycles. The van der Waals surface area contributed by atoms with Gasteiger partial charge in [0.15, 0.2) is 0 Å². The summed E-state index contributed by atoms with van der Waals surface area (Å²) in [4.78, 5) is 10.8. The Morgan fingerprint density at radius 3 is 2.76 bits per heavy atom. The Bertz CT molecular complexity index is 516. The molecule has 0 amide bonds. The molecule has 1 rings (SSSR count). The van der Waals surface area contributed by atoms with Gasteiger partial charge in [0.2, 0.25) is 0 Å². The van der Waals surface area contributed by atoms with E-state index >= 15 is 0 Å². The van der Waals surface area contributed by atoms with Crippen molar-refractivity contribution in [3.05, 3.63) is 34.9 Å². The molecule has 1 aromatic rings. The summed E-state index contributed by atoms with van der Waals surface area (Å²) in [5, 5.41) is 11.6. The number of aldehydes is 1. The molecule has 0 unspecified atom stereocenters. The largest absolute Gasteiger partial charge is 0.298 e. The van der Waals surface area contributed by atoms with Gasteiger partial charge < -0.3 is 0 Å². The van der Waals surface area contributed by atoms with Crippen molar-refractivity contribution in [1.29, 1.82) is 5.26 Å². The maximum Gasteiger partial charge on any atom is 0.150 e. The van der Waals surface area contributed by atoms with E-state index in [1.165, 1.54) is 0 Å². The second-order valence-electron chi connectivity index (χ2n) is 2.94. The van der Waals surface area contributed by atoms with Crippen LogP contribution in [0, 0.1) is 22.5 Å². The van der Waals surface area contributed by atoms with E-state index in [0.29, 0.717) is 12.0 Å². The smallest absolute Gasteiger partial charge is 0.150 e. The van der Waals surface area contributed by atoms with Crippen LogP contribution in [0.5, 0.6) is 0 Å². The Kier molecular flexibility index (Phi) is 7.45. The lowest BCUT2D eigenvalue weighted by Crippen LogP contribution is -1.89. The number of nitrogens with zero attached hydrogens (tertiary/aromatic N) is 1. The summed E-state index contributed by atoms with van der Waals surface area (Å²) in [5.41, 5.74) is 2.19. The normalized spacial score (nSPS) is 9.29. The Balaban J connectivity index is 2.97. The van der Waals surface area contributed by atoms with E-state index in [1.54, 1.807) is 23.5 Å². The quantitative estimate of drug-likeness (QED) is 0.270. The number of nitriles is 1. The number of benzene rings is 1. The SMILES string of the molecule is N#CCc1cc(C#CSP(I)I)cc(C=O)c1. The molecule has 0 radical (unpaired) electrons. The molecule has 6 heteroatoms. The molecule has 0 spiro atoms. The number of hydrogen-bond acceptors (Lipinski definition) is 3. The van der Waals surface area contributed by atoms with E-state index in [4.69, 9.17) is 5.26 Å². The number of hydrogen-bond donors (Lipinski definition) is 0. The first-order valence-electron chi connectivity index (χ1n) is 4.41. The van der Waals surface area contributed by atoms with Gasteiger partial charge in [-0.1, -0.05) is 5.92 Å². The van der Waals surface area contributed by atoms with E-state index in [2.05, 4.69) is 61.3 Å². The molecular weight excluding hydrogens is 479 g/mol. The molecule has 0 saturated heterocycles. The molecule has 0 aromatic heterocycles. The van der Waals surface area contributed by atoms with Crippen LogP contribution >= 0.6 is 57.9 Å². The fourth-order valence-electron chi connectivity index (χ4n) is 1.17. The molecule has 2 nitrogen and oxygen atoms in total. The van der Waals surface area contributed by atoms with Crippen molar-refractivity contribution in [2.24, 2.45) is 0 Å². The van der Waals surface area contributed by atoms with Gasteiger partial charge in [0, 0.05) is 11.1 Å². The number of carbonyl (C=O) groups excluding carboxylic acids is 1. The van der Waals surface area contributed by atoms with Crippen LogP contribution in [-0.4, -0.2) is 6.29 Å². The van der Waals surface area contributed by atoms with Gasteiger partial charge in [0.1, 0.15) is 6.29 Å². The molecular formula is C11H6I2NOPS. The summed E-state index contributed by atoms with van der Waals surface area (Å²) in [5.74, 6) is 3.00. The zero-order valence-electron chi connectivity index (χ0n) is 8.48. The molecule has 0 N–H and O–H groups in total. The molecule has 0 bridgehead atoms. The zero-order valence-corrected chi connectivity index (χ0v) is 14.5. The minimum atomic E-state index is -0.161. The maximum absolute atomic E-state index is 10.8. The molecule has 86 valence electrons. The Morgan fingerprint density at radius 1 is 1.41 bits per heavy atom. The van der Waals surface area contributed by atoms with Crippen LogP contribution in [0.4, 0.5) is 0 Å². The van der Waals surface area contributed by atoms with Gasteiger partial charge in [0.05, 0.1) is 14.9 Å². The van der Waals surface area contributed by atoms with Crippen molar-refractivity contribution >= 4 is 64.2 Å². The van der Waals surface area contributed by atoms with E-state index in [-0.39, 0.29) is 2.41 Å². The van der Waals surface area contributed by atoms with Crippen molar-refractivity contribution in [3.8, 4) is 17.2 Å². The van der Waals surface area contributed by atoms with E-state index in [0.717, 1.165) is 17.4 Å². The fraction of sp³-hybridized carbons (Fsp3) is 0.0909. The average Bonchev–Trinajstić information content (AvgIpc) is 2.28. The van der Waals surface area contributed by atoms with Crippen molar-refractivity contribution in [3.63, 3.8) is 0 Å². The third-order valence-electron chi connectivity index (χ3n) is 1.74. The lowest BCUT2D eigenvalue weighted by atomic mass is 10.1. The second kappa shape index (κ2) is 8.31. The lowest BCUT2D eigenvalue weighted by molar-refractivity contribution is 0.112. The Hall–Kier alpha value is 0.180. The highest BCUT2D eigenvalue weighted by molar-refractivity contribution is 14.3. The highest BCUT2D eigenvalue weighted by Crippen LogP contribution is 2.64. The number of halogens is 2. The predicted octanol–water partition coefficient (Wildman–Crippen LogP) is 4.70. The van der Waals surface area contributed by atoms with Gasteiger partial charge in [-0.05, 0) is 84.5 Å². The Labute approximate surface area is 131 Å². The summed E-state index contributed by atoms with van der Waals surface area (Å²) < 4.78 is -0.161. The number of rotatable bonds is 3. The molecule has 0 atom stereocenters. The zero-order chi connectivity index (χ0) is 12.7. The van der Waals surface area contributed by atoms with Crippen LogP contribution in [-0.2, 0) is 6.42 Å². The summed E-state index contributed by atoms with van der Waals surface area (Å²) >= 11 is 6.25. The van der Waals surface area contributed by atoms with Crippen LogP contribution in [0.2, 0.25) is 0 Å². The highest BCUT2D eigenvalue weighted by Gasteiger charge is 1.99. The minimum absolute atomic E-state index is 0.161. The first kappa shape index (κ1) is 15.2. The topological polar surface area (TPSA) is 40.9 Å². The molecule has 0 aliphatic carbocycles. The number of carbonyl (C=O) groups is 1. The van der Waals surface area contributed by atoms with Crippen LogP contribution in [0.25, 0.3) is 0 Å². The van der Waals surface area contributed by atoms with Gasteiger partial charge in [-0.15, -0.1) is 0 Å². The predicted molar refractivity (Wildman–Crippen MR) is 90.6 cm³/mol. The van der Waals surface area contributed by atoms with Gasteiger partial charge in [0.25, 0.3) is 0 Å². The summed E-state index contributed by atoms with van der Waals surface area (Å²) in [6.07, 6.45) is 1.08. The van der Waals surface area contributed by atoms with Crippen LogP contribution < -0.4 is 0 Å². The fourth-order valence-corrected chi connectivity index (χ4v) is 3.52. The van der Waals surface area contributed by atoms with Gasteiger partial charge >= 0.3 is 0 Å². The highest BCUT2D eigenvalue weighted by atomic mass is 127. The van der Waals surface area contributed by atoms with E-state index < -0.39 is 0 Å². The second-order valence-corrected chi connectivity index (χ2v) is 20.6. The van der Waals surface area contributed by atoms with Crippen LogP contribution in [0.3, 0.4) is 0 Å². The maximum atomic E-state index is 10.8. The Morgan fingerprint density at radius 2 is 2.18 bits per heavy atom. The van der Waals surface area contributed by atoms with Gasteiger partial charge in [-0.25, -0.2) is 0 Å². The van der Waals surface area contributed by atoms with Gasteiger partial charge in [-0.2, -0.15) is 5.26 Å². The van der Waals surface area contributed by atoms with Crippen molar-refractivity contribution in [2.75, 3.05) is 0 Å². The van der Waals surface area contributed by atoms with E-state index in [1.807, 2.05) is 6.07 Å². The van der Waals surface area contributed by atoms with Gasteiger partial charge in [-0.3, -0.25) is 4.79 Å². The minimum Gasteiger partial charge on any atom is -0.298 e. The molecule has 0 aliphatic rings. The standard InChI is InChI=1S/C11H6I2NOPS/c12-16(13)17-4-2-10-5-9(1-3-14)6-11(7-10)8-15/h5-8H,1H2. The monoisotopic (exact) mass is 485 g/mol. The third kappa shape index (κ3) is 6.05. The molecule has 1 aromatic carbocycles. The molecule has 0 aliphatic heterocycles. The lowest BCUT2D eigenvalue weighted by Gasteiger charge is -1.98. The molecule has 17 heavy (non-hydrogen) atoms. The summed E-state index contributed by atoms with van der Waals surface area (Å²) in [7, 11) is 0. The first-order chi connectivity index (χ1) is 8.15. The average molecular weight is 485 g/mol. The van der Waals surface area contributed by atoms with Crippen LogP contribution in [0.15, 0.2) is 18.2 Å². The van der Waals surface area contributed by atoms with Crippen molar-refractivity contribution in [2.45, 2.75) is 6.42 Å². The molecule has 0 fully saturated rings. The van der Waals surface area contributed by atoms with Crippen LogP contribution in [0.1, 0.15) is 21.5 Å². The summed E-state index contributed by atoms with van der Waals surface area (Å²) in [6, 6.07) is 7.38. The molecule has 0 saturated carbocycles. The third-order valence-corrected chi connectivity index (χ3v) is 6.31. The van der Waals surface area contributed by atoms with Crippen molar-refractivity contribution in [1.82, 2.24) is 0 Å². The van der Waals surface area contributed by atoms with E-state index in [9.17, 15) is 4.79 Å². The first-order valence-corrected chi connectivity index (χ1v) is 12.7. The van der Waals surface area contributed by atoms with Crippen molar-refractivity contribution < 1.29 is 4.79 Å².